The highest BCUT2D eigenvalue weighted by atomic mass is 32.2. The van der Waals surface area contributed by atoms with Crippen molar-refractivity contribution in [3.05, 3.63) is 42.7 Å². The van der Waals surface area contributed by atoms with Crippen LogP contribution in [0.5, 0.6) is 11.5 Å². The number of H-pyrrole nitrogens is 1. The SMILES string of the molecule is COc1ccc(S(=O)(=O)N2CCCC2C(=O)Nc2ccc3nc[nH]c3c2)cc1OC. The molecule has 4 rings (SSSR count). The number of sulfonamides is 1. The second kappa shape index (κ2) is 7.96. The normalized spacial score (nSPS) is 17.2. The minimum atomic E-state index is -3.89. The van der Waals surface area contributed by atoms with Crippen molar-refractivity contribution in [3.63, 3.8) is 0 Å². The molecule has 1 aliphatic rings. The van der Waals surface area contributed by atoms with Crippen LogP contribution < -0.4 is 14.8 Å². The van der Waals surface area contributed by atoms with E-state index in [4.69, 9.17) is 9.47 Å². The van der Waals surface area contributed by atoms with Gasteiger partial charge >= 0.3 is 0 Å². The zero-order valence-corrected chi connectivity index (χ0v) is 17.4. The Hall–Kier alpha value is -3.11. The van der Waals surface area contributed by atoms with Gasteiger partial charge in [-0.2, -0.15) is 4.31 Å². The lowest BCUT2D eigenvalue weighted by molar-refractivity contribution is -0.119. The topological polar surface area (TPSA) is 114 Å². The number of amides is 1. The lowest BCUT2D eigenvalue weighted by Gasteiger charge is -2.24. The Balaban J connectivity index is 1.58. The summed E-state index contributed by atoms with van der Waals surface area (Å²) in [5.41, 5.74) is 2.15. The fraction of sp³-hybridized carbons (Fsp3) is 0.300. The molecule has 0 aliphatic carbocycles. The fourth-order valence-corrected chi connectivity index (χ4v) is 5.31. The van der Waals surface area contributed by atoms with Gasteiger partial charge in [-0.15, -0.1) is 0 Å². The number of methoxy groups -OCH3 is 2. The summed E-state index contributed by atoms with van der Waals surface area (Å²) in [6.45, 7) is 0.272. The second-order valence-corrected chi connectivity index (χ2v) is 8.80. The number of benzene rings is 2. The van der Waals surface area contributed by atoms with Gasteiger partial charge in [0.25, 0.3) is 0 Å². The summed E-state index contributed by atoms with van der Waals surface area (Å²) >= 11 is 0. The predicted molar refractivity (Wildman–Crippen MR) is 111 cm³/mol. The van der Waals surface area contributed by atoms with Gasteiger partial charge in [0.2, 0.25) is 15.9 Å². The monoisotopic (exact) mass is 430 g/mol. The molecule has 0 radical (unpaired) electrons. The summed E-state index contributed by atoms with van der Waals surface area (Å²) in [6, 6.07) is 8.90. The largest absolute Gasteiger partial charge is 0.493 e. The average Bonchev–Trinajstić information content (AvgIpc) is 3.42. The molecule has 158 valence electrons. The molecular weight excluding hydrogens is 408 g/mol. The number of hydrogen-bond donors (Lipinski definition) is 2. The van der Waals surface area contributed by atoms with Crippen LogP contribution in [0.25, 0.3) is 11.0 Å². The fourth-order valence-electron chi connectivity index (χ4n) is 3.64. The van der Waals surface area contributed by atoms with E-state index in [9.17, 15) is 13.2 Å². The van der Waals surface area contributed by atoms with Crippen LogP contribution in [0.1, 0.15) is 12.8 Å². The van der Waals surface area contributed by atoms with E-state index in [0.29, 0.717) is 30.0 Å². The first kappa shape index (κ1) is 20.2. The zero-order valence-electron chi connectivity index (χ0n) is 16.6. The van der Waals surface area contributed by atoms with Crippen LogP contribution >= 0.6 is 0 Å². The molecule has 1 aromatic heterocycles. The Morgan fingerprint density at radius 3 is 2.73 bits per heavy atom. The van der Waals surface area contributed by atoms with Gasteiger partial charge in [0.15, 0.2) is 11.5 Å². The minimum absolute atomic E-state index is 0.0544. The van der Waals surface area contributed by atoms with E-state index in [1.807, 2.05) is 0 Å². The van der Waals surface area contributed by atoms with Crippen molar-refractivity contribution in [1.29, 1.82) is 0 Å². The molecule has 2 N–H and O–H groups in total. The van der Waals surface area contributed by atoms with E-state index >= 15 is 0 Å². The molecule has 1 unspecified atom stereocenters. The molecule has 10 heteroatoms. The van der Waals surface area contributed by atoms with Crippen molar-refractivity contribution in [2.45, 2.75) is 23.8 Å². The van der Waals surface area contributed by atoms with Crippen molar-refractivity contribution in [2.24, 2.45) is 0 Å². The van der Waals surface area contributed by atoms with Gasteiger partial charge in [0, 0.05) is 18.3 Å². The van der Waals surface area contributed by atoms with Crippen LogP contribution in [0, 0.1) is 0 Å². The molecular formula is C20H22N4O5S. The Morgan fingerprint density at radius 1 is 1.17 bits per heavy atom. The number of carbonyl (C=O) groups is 1. The summed E-state index contributed by atoms with van der Waals surface area (Å²) in [4.78, 5) is 20.1. The van der Waals surface area contributed by atoms with E-state index in [-0.39, 0.29) is 17.3 Å². The quantitative estimate of drug-likeness (QED) is 0.621. The Morgan fingerprint density at radius 2 is 1.97 bits per heavy atom. The Kier molecular flexibility index (Phi) is 5.35. The number of nitrogens with one attached hydrogen (secondary N) is 2. The third kappa shape index (κ3) is 3.59. The average molecular weight is 430 g/mol. The van der Waals surface area contributed by atoms with Crippen LogP contribution in [0.3, 0.4) is 0 Å². The maximum Gasteiger partial charge on any atom is 0.243 e. The van der Waals surface area contributed by atoms with Gasteiger partial charge in [0.1, 0.15) is 6.04 Å². The molecule has 2 aromatic carbocycles. The standard InChI is InChI=1S/C20H22N4O5S/c1-28-18-8-6-14(11-19(18)29-2)30(26,27)24-9-3-4-17(24)20(25)23-13-5-7-15-16(10-13)22-12-21-15/h5-8,10-12,17H,3-4,9H2,1-2H3,(H,21,22)(H,23,25). The molecule has 0 saturated carbocycles. The molecule has 3 aromatic rings. The number of fused-ring (bicyclic) bond motifs is 1. The van der Waals surface area contributed by atoms with Gasteiger partial charge in [-0.25, -0.2) is 13.4 Å². The van der Waals surface area contributed by atoms with Gasteiger partial charge in [-0.1, -0.05) is 0 Å². The maximum atomic E-state index is 13.2. The van der Waals surface area contributed by atoms with Gasteiger partial charge in [0.05, 0.1) is 36.5 Å². The van der Waals surface area contributed by atoms with Crippen LogP contribution in [0.15, 0.2) is 47.6 Å². The molecule has 1 amide bonds. The van der Waals surface area contributed by atoms with E-state index in [1.165, 1.54) is 36.7 Å². The molecule has 2 heterocycles. The Labute approximate surface area is 174 Å². The number of rotatable bonds is 6. The number of carbonyl (C=O) groups excluding carboxylic acids is 1. The number of imidazole rings is 1. The first-order chi connectivity index (χ1) is 14.4. The third-order valence-corrected chi connectivity index (χ3v) is 7.06. The van der Waals surface area contributed by atoms with E-state index in [2.05, 4.69) is 15.3 Å². The number of hydrogen-bond acceptors (Lipinski definition) is 6. The van der Waals surface area contributed by atoms with E-state index in [0.717, 1.165) is 11.0 Å². The van der Waals surface area contributed by atoms with Crippen LogP contribution in [-0.4, -0.2) is 55.4 Å². The first-order valence-corrected chi connectivity index (χ1v) is 10.9. The molecule has 1 fully saturated rings. The van der Waals surface area contributed by atoms with Crippen LogP contribution in [-0.2, 0) is 14.8 Å². The van der Waals surface area contributed by atoms with Gasteiger partial charge < -0.3 is 19.8 Å². The summed E-state index contributed by atoms with van der Waals surface area (Å²) in [5, 5.41) is 2.82. The summed E-state index contributed by atoms with van der Waals surface area (Å²) in [7, 11) is -0.967. The summed E-state index contributed by atoms with van der Waals surface area (Å²) in [6.07, 6.45) is 2.62. The Bertz CT molecular complexity index is 1190. The molecule has 30 heavy (non-hydrogen) atoms. The highest BCUT2D eigenvalue weighted by molar-refractivity contribution is 7.89. The molecule has 9 nitrogen and oxygen atoms in total. The van der Waals surface area contributed by atoms with Crippen molar-refractivity contribution in [3.8, 4) is 11.5 Å². The highest BCUT2D eigenvalue weighted by Gasteiger charge is 2.39. The van der Waals surface area contributed by atoms with Gasteiger partial charge in [-0.3, -0.25) is 4.79 Å². The molecule has 0 bridgehead atoms. The highest BCUT2D eigenvalue weighted by Crippen LogP contribution is 2.33. The van der Waals surface area contributed by atoms with Crippen molar-refractivity contribution < 1.29 is 22.7 Å². The van der Waals surface area contributed by atoms with Crippen LogP contribution in [0.4, 0.5) is 5.69 Å². The van der Waals surface area contributed by atoms with Crippen molar-refractivity contribution in [2.75, 3.05) is 26.1 Å². The number of nitrogens with zero attached hydrogens (tertiary/aromatic N) is 2. The summed E-state index contributed by atoms with van der Waals surface area (Å²) < 4.78 is 38.1. The maximum absolute atomic E-state index is 13.2. The number of aromatic amines is 1. The van der Waals surface area contributed by atoms with E-state index < -0.39 is 16.1 Å². The second-order valence-electron chi connectivity index (χ2n) is 6.91. The summed E-state index contributed by atoms with van der Waals surface area (Å²) in [5.74, 6) is 0.378. The van der Waals surface area contributed by atoms with Gasteiger partial charge in [-0.05, 0) is 43.2 Å². The lowest BCUT2D eigenvalue weighted by Crippen LogP contribution is -2.43. The number of aromatic nitrogens is 2. The molecule has 1 aliphatic heterocycles. The predicted octanol–water partition coefficient (Wildman–Crippen LogP) is 2.37. The lowest BCUT2D eigenvalue weighted by atomic mass is 10.2. The number of anilines is 1. The number of ether oxygens (including phenoxy) is 2. The minimum Gasteiger partial charge on any atom is -0.493 e. The third-order valence-electron chi connectivity index (χ3n) is 5.16. The van der Waals surface area contributed by atoms with Crippen molar-refractivity contribution in [1.82, 2.24) is 14.3 Å². The molecule has 1 saturated heterocycles. The van der Waals surface area contributed by atoms with E-state index in [1.54, 1.807) is 24.5 Å². The molecule has 0 spiro atoms. The van der Waals surface area contributed by atoms with Crippen molar-refractivity contribution >= 4 is 32.7 Å². The smallest absolute Gasteiger partial charge is 0.243 e. The van der Waals surface area contributed by atoms with Crippen LogP contribution in [0.2, 0.25) is 0 Å². The molecule has 1 atom stereocenters. The first-order valence-electron chi connectivity index (χ1n) is 9.42. The zero-order chi connectivity index (χ0) is 21.3.